The van der Waals surface area contributed by atoms with E-state index in [2.05, 4.69) is 15.0 Å². The Morgan fingerprint density at radius 2 is 2.18 bits per heavy atom. The number of aromatic nitrogens is 2. The highest BCUT2D eigenvalue weighted by Crippen LogP contribution is 2.23. The summed E-state index contributed by atoms with van der Waals surface area (Å²) in [5.74, 6) is 1.59. The van der Waals surface area contributed by atoms with Crippen LogP contribution in [0, 0.1) is 5.92 Å². The number of piperidine rings is 1. The number of benzene rings is 1. The quantitative estimate of drug-likeness (QED) is 0.938. The summed E-state index contributed by atoms with van der Waals surface area (Å²) in [6.07, 6.45) is 1.79. The zero-order chi connectivity index (χ0) is 15.5. The minimum atomic E-state index is -0.222. The second-order valence-electron chi connectivity index (χ2n) is 5.88. The molecule has 2 aromatic rings. The van der Waals surface area contributed by atoms with Crippen molar-refractivity contribution in [3.63, 3.8) is 0 Å². The molecule has 1 atom stereocenters. The highest BCUT2D eigenvalue weighted by Gasteiger charge is 2.23. The van der Waals surface area contributed by atoms with Crippen LogP contribution < -0.4 is 0 Å². The zero-order valence-electron chi connectivity index (χ0n) is 12.6. The Labute approximate surface area is 134 Å². The Balaban J connectivity index is 1.61. The lowest BCUT2D eigenvalue weighted by Crippen LogP contribution is -2.36. The summed E-state index contributed by atoms with van der Waals surface area (Å²) in [5.41, 5.74) is 0.857. The fourth-order valence-electron chi connectivity index (χ4n) is 2.85. The topological polar surface area (TPSA) is 62.4 Å². The third-order valence-electron chi connectivity index (χ3n) is 4.22. The van der Waals surface area contributed by atoms with Crippen LogP contribution in [0.3, 0.4) is 0 Å². The molecule has 1 aromatic heterocycles. The number of aliphatic hydroxyl groups is 1. The molecule has 22 heavy (non-hydrogen) atoms. The molecular formula is C16H20ClN3O2. The number of rotatable bonds is 4. The first-order chi connectivity index (χ1) is 10.6. The van der Waals surface area contributed by atoms with Crippen molar-refractivity contribution in [3.8, 4) is 11.4 Å². The predicted octanol–water partition coefficient (Wildman–Crippen LogP) is 2.98. The summed E-state index contributed by atoms with van der Waals surface area (Å²) in [5, 5.41) is 14.3. The summed E-state index contributed by atoms with van der Waals surface area (Å²) in [4.78, 5) is 6.73. The molecule has 0 spiro atoms. The molecule has 118 valence electrons. The average Bonchev–Trinajstić information content (AvgIpc) is 2.96. The third-order valence-corrected chi connectivity index (χ3v) is 4.46. The molecule has 1 aliphatic rings. The summed E-state index contributed by atoms with van der Waals surface area (Å²) in [7, 11) is 0. The van der Waals surface area contributed by atoms with Gasteiger partial charge in [0.05, 0.1) is 12.6 Å². The van der Waals surface area contributed by atoms with Gasteiger partial charge in [-0.05, 0) is 50.9 Å². The Morgan fingerprint density at radius 3 is 2.86 bits per heavy atom. The summed E-state index contributed by atoms with van der Waals surface area (Å²) in [6, 6.07) is 7.42. The minimum absolute atomic E-state index is 0.222. The van der Waals surface area contributed by atoms with E-state index in [9.17, 15) is 5.11 Å². The van der Waals surface area contributed by atoms with Crippen molar-refractivity contribution < 1.29 is 9.63 Å². The van der Waals surface area contributed by atoms with E-state index in [1.54, 1.807) is 0 Å². The van der Waals surface area contributed by atoms with E-state index < -0.39 is 0 Å². The summed E-state index contributed by atoms with van der Waals surface area (Å²) < 4.78 is 5.34. The summed E-state index contributed by atoms with van der Waals surface area (Å²) in [6.45, 7) is 4.42. The lowest BCUT2D eigenvalue weighted by molar-refractivity contribution is 0.0660. The molecule has 1 unspecified atom stereocenters. The second kappa shape index (κ2) is 6.77. The van der Waals surface area contributed by atoms with Crippen LogP contribution in [0.15, 0.2) is 28.8 Å². The van der Waals surface area contributed by atoms with Crippen LogP contribution in [0.25, 0.3) is 11.4 Å². The Morgan fingerprint density at radius 1 is 1.41 bits per heavy atom. The van der Waals surface area contributed by atoms with Gasteiger partial charge in [0, 0.05) is 10.6 Å². The fourth-order valence-corrected chi connectivity index (χ4v) is 3.04. The molecule has 0 bridgehead atoms. The lowest BCUT2D eigenvalue weighted by atomic mass is 9.92. The minimum Gasteiger partial charge on any atom is -0.393 e. The number of halogens is 1. The highest BCUT2D eigenvalue weighted by atomic mass is 35.5. The molecule has 5 nitrogen and oxygen atoms in total. The first-order valence-corrected chi connectivity index (χ1v) is 7.98. The molecule has 1 saturated heterocycles. The van der Waals surface area contributed by atoms with Gasteiger partial charge in [0.15, 0.2) is 0 Å². The third kappa shape index (κ3) is 3.66. The van der Waals surface area contributed by atoms with Crippen molar-refractivity contribution in [2.45, 2.75) is 32.4 Å². The van der Waals surface area contributed by atoms with E-state index in [-0.39, 0.29) is 6.10 Å². The number of likely N-dealkylation sites (tertiary alicyclic amines) is 1. The van der Waals surface area contributed by atoms with E-state index in [0.717, 1.165) is 31.5 Å². The molecule has 3 rings (SSSR count). The smallest absolute Gasteiger partial charge is 0.241 e. The Bertz CT molecular complexity index is 621. The molecule has 1 fully saturated rings. The van der Waals surface area contributed by atoms with E-state index in [1.165, 1.54) is 0 Å². The standard InChI is InChI=1S/C16H20ClN3O2/c1-11(21)12-5-7-20(8-6-12)10-15-18-16(19-22-15)13-3-2-4-14(17)9-13/h2-4,9,11-12,21H,5-8,10H2,1H3. The normalized spacial score (nSPS) is 18.5. The van der Waals surface area contributed by atoms with Crippen LogP contribution in [-0.4, -0.2) is 39.3 Å². The van der Waals surface area contributed by atoms with Crippen molar-refractivity contribution in [1.29, 1.82) is 0 Å². The molecule has 0 amide bonds. The maximum atomic E-state index is 9.63. The van der Waals surface area contributed by atoms with Gasteiger partial charge in [0.2, 0.25) is 11.7 Å². The maximum absolute atomic E-state index is 9.63. The molecule has 0 saturated carbocycles. The molecule has 1 aromatic carbocycles. The largest absolute Gasteiger partial charge is 0.393 e. The number of nitrogens with zero attached hydrogens (tertiary/aromatic N) is 3. The molecule has 2 heterocycles. The monoisotopic (exact) mass is 321 g/mol. The average molecular weight is 322 g/mol. The van der Waals surface area contributed by atoms with Gasteiger partial charge in [-0.2, -0.15) is 4.98 Å². The Hall–Kier alpha value is -1.43. The number of hydrogen-bond donors (Lipinski definition) is 1. The maximum Gasteiger partial charge on any atom is 0.241 e. The highest BCUT2D eigenvalue weighted by molar-refractivity contribution is 6.30. The van der Waals surface area contributed by atoms with Crippen LogP contribution in [-0.2, 0) is 6.54 Å². The van der Waals surface area contributed by atoms with Gasteiger partial charge in [-0.25, -0.2) is 0 Å². The van der Waals surface area contributed by atoms with Gasteiger partial charge in [-0.1, -0.05) is 28.9 Å². The Kier molecular flexibility index (Phi) is 4.76. The van der Waals surface area contributed by atoms with Crippen molar-refractivity contribution >= 4 is 11.6 Å². The van der Waals surface area contributed by atoms with Gasteiger partial charge in [0.1, 0.15) is 0 Å². The SMILES string of the molecule is CC(O)C1CCN(Cc2nc(-c3cccc(Cl)c3)no2)CC1. The van der Waals surface area contributed by atoms with E-state index in [1.807, 2.05) is 31.2 Å². The second-order valence-corrected chi connectivity index (χ2v) is 6.31. The van der Waals surface area contributed by atoms with E-state index in [0.29, 0.717) is 29.2 Å². The lowest BCUT2D eigenvalue weighted by Gasteiger charge is -2.32. The van der Waals surface area contributed by atoms with Crippen LogP contribution >= 0.6 is 11.6 Å². The van der Waals surface area contributed by atoms with Gasteiger partial charge < -0.3 is 9.63 Å². The van der Waals surface area contributed by atoms with Crippen molar-refractivity contribution in [1.82, 2.24) is 15.0 Å². The van der Waals surface area contributed by atoms with Crippen LogP contribution in [0.1, 0.15) is 25.7 Å². The predicted molar refractivity (Wildman–Crippen MR) is 84.4 cm³/mol. The van der Waals surface area contributed by atoms with Crippen LogP contribution in [0.5, 0.6) is 0 Å². The first-order valence-electron chi connectivity index (χ1n) is 7.61. The fraction of sp³-hybridized carbons (Fsp3) is 0.500. The van der Waals surface area contributed by atoms with E-state index >= 15 is 0 Å². The van der Waals surface area contributed by atoms with Gasteiger partial charge in [-0.15, -0.1) is 0 Å². The van der Waals surface area contributed by atoms with Crippen molar-refractivity contribution in [2.24, 2.45) is 5.92 Å². The molecular weight excluding hydrogens is 302 g/mol. The van der Waals surface area contributed by atoms with E-state index in [4.69, 9.17) is 16.1 Å². The molecule has 1 N–H and O–H groups in total. The molecule has 0 radical (unpaired) electrons. The molecule has 1 aliphatic heterocycles. The van der Waals surface area contributed by atoms with Crippen LogP contribution in [0.2, 0.25) is 5.02 Å². The number of hydrogen-bond acceptors (Lipinski definition) is 5. The van der Waals surface area contributed by atoms with Gasteiger partial charge >= 0.3 is 0 Å². The van der Waals surface area contributed by atoms with Crippen molar-refractivity contribution in [3.05, 3.63) is 35.2 Å². The molecule has 6 heteroatoms. The number of aliphatic hydroxyl groups excluding tert-OH is 1. The first kappa shape index (κ1) is 15.5. The van der Waals surface area contributed by atoms with Gasteiger partial charge in [0.25, 0.3) is 0 Å². The van der Waals surface area contributed by atoms with Gasteiger partial charge in [-0.3, -0.25) is 4.90 Å². The van der Waals surface area contributed by atoms with Crippen molar-refractivity contribution in [2.75, 3.05) is 13.1 Å². The van der Waals surface area contributed by atoms with Crippen LogP contribution in [0.4, 0.5) is 0 Å². The summed E-state index contributed by atoms with van der Waals surface area (Å²) >= 11 is 5.98. The molecule has 0 aliphatic carbocycles. The zero-order valence-corrected chi connectivity index (χ0v) is 13.3.